The van der Waals surface area contributed by atoms with Crippen molar-refractivity contribution < 1.29 is 19.1 Å². The maximum absolute atomic E-state index is 13.9. The summed E-state index contributed by atoms with van der Waals surface area (Å²) in [6, 6.07) is 4.10. The first kappa shape index (κ1) is 32.8. The van der Waals surface area contributed by atoms with Crippen LogP contribution in [0.15, 0.2) is 18.2 Å². The van der Waals surface area contributed by atoms with E-state index < -0.39 is 23.8 Å². The molecule has 1 rings (SSSR count). The Hall–Kier alpha value is -2.22. The number of ether oxygens (including phenoxy) is 1. The maximum Gasteiger partial charge on any atom is 0.408 e. The molecule has 1 aromatic carbocycles. The van der Waals surface area contributed by atoms with Gasteiger partial charge in [-0.05, 0) is 71.1 Å². The Morgan fingerprint density at radius 2 is 1.68 bits per heavy atom. The number of aryl methyl sites for hydroxylation is 2. The van der Waals surface area contributed by atoms with Gasteiger partial charge in [0.05, 0.1) is 0 Å². The molecule has 1 aromatic rings. The van der Waals surface area contributed by atoms with Crippen LogP contribution < -0.4 is 10.6 Å². The summed E-state index contributed by atoms with van der Waals surface area (Å²) >= 11 is 4.36. The SMILES string of the molecule is CCCCCCN(C(=O)C(CS)NC(=O)OC(C)(C)C)C(C(=O)NC(C)CCC)c1ccc(C)c(C)c1. The largest absolute Gasteiger partial charge is 0.444 e. The number of rotatable bonds is 14. The van der Waals surface area contributed by atoms with Crippen molar-refractivity contribution in [2.24, 2.45) is 0 Å². The summed E-state index contributed by atoms with van der Waals surface area (Å²) in [4.78, 5) is 41.8. The number of nitrogens with zero attached hydrogens (tertiary/aromatic N) is 1. The van der Waals surface area contributed by atoms with Crippen LogP contribution in [0.2, 0.25) is 0 Å². The van der Waals surface area contributed by atoms with E-state index in [-0.39, 0.29) is 23.6 Å². The van der Waals surface area contributed by atoms with Gasteiger partial charge in [0.1, 0.15) is 17.7 Å². The van der Waals surface area contributed by atoms with Gasteiger partial charge in [0.25, 0.3) is 0 Å². The number of alkyl carbamates (subject to hydrolysis) is 1. The van der Waals surface area contributed by atoms with Gasteiger partial charge in [-0.25, -0.2) is 4.79 Å². The molecule has 3 unspecified atom stereocenters. The van der Waals surface area contributed by atoms with Gasteiger partial charge >= 0.3 is 6.09 Å². The molecule has 0 fully saturated rings. The lowest BCUT2D eigenvalue weighted by atomic mass is 9.97. The highest BCUT2D eigenvalue weighted by atomic mass is 32.1. The van der Waals surface area contributed by atoms with Crippen LogP contribution in [-0.4, -0.2) is 52.8 Å². The standard InChI is InChI=1S/C29H49N3O4S/c1-9-11-12-13-17-32(27(34)24(19-37)31-28(35)36-29(6,7)8)25(26(33)30-22(5)14-10-2)23-16-15-20(3)21(4)18-23/h15-16,18,22,24-25,37H,9-14,17,19H2,1-8H3,(H,30,33)(H,31,35). The van der Waals surface area contributed by atoms with Crippen molar-refractivity contribution in [3.8, 4) is 0 Å². The number of unbranched alkanes of at least 4 members (excludes halogenated alkanes) is 3. The zero-order valence-corrected chi connectivity index (χ0v) is 25.0. The molecule has 0 aliphatic rings. The van der Waals surface area contributed by atoms with Gasteiger partial charge in [0.2, 0.25) is 11.8 Å². The Labute approximate surface area is 229 Å². The van der Waals surface area contributed by atoms with Crippen LogP contribution in [0, 0.1) is 13.8 Å². The summed E-state index contributed by atoms with van der Waals surface area (Å²) in [5.74, 6) is -0.487. The minimum Gasteiger partial charge on any atom is -0.444 e. The Morgan fingerprint density at radius 1 is 1.00 bits per heavy atom. The molecular weight excluding hydrogens is 486 g/mol. The minimum atomic E-state index is -0.931. The Morgan fingerprint density at radius 3 is 2.22 bits per heavy atom. The Bertz CT molecular complexity index is 884. The van der Waals surface area contributed by atoms with Crippen LogP contribution in [0.3, 0.4) is 0 Å². The molecule has 0 bridgehead atoms. The first-order chi connectivity index (χ1) is 17.3. The minimum absolute atomic E-state index is 0.0239. The van der Waals surface area contributed by atoms with E-state index in [1.165, 1.54) is 0 Å². The Balaban J connectivity index is 3.44. The van der Waals surface area contributed by atoms with Gasteiger partial charge in [-0.3, -0.25) is 9.59 Å². The van der Waals surface area contributed by atoms with E-state index in [1.807, 2.05) is 39.0 Å². The number of benzene rings is 1. The van der Waals surface area contributed by atoms with E-state index in [1.54, 1.807) is 25.7 Å². The van der Waals surface area contributed by atoms with Crippen molar-refractivity contribution in [1.29, 1.82) is 0 Å². The average Bonchev–Trinajstić information content (AvgIpc) is 2.80. The van der Waals surface area contributed by atoms with Crippen LogP contribution in [0.25, 0.3) is 0 Å². The number of carbonyl (C=O) groups is 3. The third-order valence-electron chi connectivity index (χ3n) is 6.22. The van der Waals surface area contributed by atoms with Gasteiger partial charge in [0.15, 0.2) is 0 Å². The van der Waals surface area contributed by atoms with Crippen molar-refractivity contribution in [3.05, 3.63) is 34.9 Å². The molecule has 37 heavy (non-hydrogen) atoms. The van der Waals surface area contributed by atoms with E-state index in [2.05, 4.69) is 37.1 Å². The zero-order chi connectivity index (χ0) is 28.2. The molecule has 0 saturated heterocycles. The number of hydrogen-bond donors (Lipinski definition) is 3. The molecule has 3 atom stereocenters. The molecule has 7 nitrogen and oxygen atoms in total. The van der Waals surface area contributed by atoms with Gasteiger partial charge in [0, 0.05) is 18.3 Å². The van der Waals surface area contributed by atoms with E-state index in [4.69, 9.17) is 4.74 Å². The quantitative estimate of drug-likeness (QED) is 0.205. The smallest absolute Gasteiger partial charge is 0.408 e. The molecule has 210 valence electrons. The van der Waals surface area contributed by atoms with Gasteiger partial charge in [-0.15, -0.1) is 0 Å². The zero-order valence-electron chi connectivity index (χ0n) is 24.1. The van der Waals surface area contributed by atoms with E-state index in [0.717, 1.165) is 55.2 Å². The predicted molar refractivity (Wildman–Crippen MR) is 154 cm³/mol. The van der Waals surface area contributed by atoms with E-state index in [9.17, 15) is 14.4 Å². The topological polar surface area (TPSA) is 87.7 Å². The van der Waals surface area contributed by atoms with Crippen LogP contribution in [0.1, 0.15) is 103 Å². The van der Waals surface area contributed by atoms with Gasteiger partial charge in [-0.2, -0.15) is 12.6 Å². The first-order valence-electron chi connectivity index (χ1n) is 13.6. The third-order valence-corrected chi connectivity index (χ3v) is 6.59. The third kappa shape index (κ3) is 11.4. The summed E-state index contributed by atoms with van der Waals surface area (Å²) < 4.78 is 5.38. The van der Waals surface area contributed by atoms with Crippen LogP contribution in [0.4, 0.5) is 4.79 Å². The molecule has 3 amide bonds. The first-order valence-corrected chi connectivity index (χ1v) is 14.3. The second kappa shape index (κ2) is 15.9. The number of amides is 3. The van der Waals surface area contributed by atoms with Gasteiger partial charge < -0.3 is 20.3 Å². The highest BCUT2D eigenvalue weighted by molar-refractivity contribution is 7.80. The fraction of sp³-hybridized carbons (Fsp3) is 0.690. The normalized spacial score (nSPS) is 13.9. The average molecular weight is 536 g/mol. The second-order valence-corrected chi connectivity index (χ2v) is 11.3. The summed E-state index contributed by atoms with van der Waals surface area (Å²) in [5, 5.41) is 5.79. The number of carbonyl (C=O) groups excluding carboxylic acids is 3. The highest BCUT2D eigenvalue weighted by Gasteiger charge is 2.36. The summed E-state index contributed by atoms with van der Waals surface area (Å²) in [6.45, 7) is 15.9. The summed E-state index contributed by atoms with van der Waals surface area (Å²) in [6.07, 6.45) is 4.90. The molecule has 8 heteroatoms. The number of nitrogens with one attached hydrogen (secondary N) is 2. The van der Waals surface area contributed by atoms with Crippen molar-refractivity contribution in [2.75, 3.05) is 12.3 Å². The van der Waals surface area contributed by atoms with E-state index in [0.29, 0.717) is 6.54 Å². The van der Waals surface area contributed by atoms with Crippen molar-refractivity contribution in [2.45, 2.75) is 118 Å². The lowest BCUT2D eigenvalue weighted by Gasteiger charge is -2.35. The molecule has 2 N–H and O–H groups in total. The molecule has 0 spiro atoms. The van der Waals surface area contributed by atoms with Crippen LogP contribution in [-0.2, 0) is 14.3 Å². The molecule has 0 aliphatic heterocycles. The fourth-order valence-electron chi connectivity index (χ4n) is 4.15. The van der Waals surface area contributed by atoms with Crippen molar-refractivity contribution in [1.82, 2.24) is 15.5 Å². The van der Waals surface area contributed by atoms with Crippen molar-refractivity contribution in [3.63, 3.8) is 0 Å². The fourth-order valence-corrected chi connectivity index (χ4v) is 4.39. The highest BCUT2D eigenvalue weighted by Crippen LogP contribution is 2.26. The second-order valence-electron chi connectivity index (χ2n) is 10.9. The lowest BCUT2D eigenvalue weighted by Crippen LogP contribution is -2.54. The summed E-state index contributed by atoms with van der Waals surface area (Å²) in [7, 11) is 0. The molecule has 0 heterocycles. The number of thiol groups is 1. The monoisotopic (exact) mass is 535 g/mol. The van der Waals surface area contributed by atoms with Crippen molar-refractivity contribution >= 4 is 30.5 Å². The van der Waals surface area contributed by atoms with Gasteiger partial charge in [-0.1, -0.05) is 57.7 Å². The molecule has 0 aromatic heterocycles. The number of hydrogen-bond acceptors (Lipinski definition) is 5. The van der Waals surface area contributed by atoms with Crippen LogP contribution >= 0.6 is 12.6 Å². The lowest BCUT2D eigenvalue weighted by molar-refractivity contribution is -0.142. The predicted octanol–water partition coefficient (Wildman–Crippen LogP) is 5.88. The molecule has 0 aliphatic carbocycles. The molecule has 0 saturated carbocycles. The Kier molecular flexibility index (Phi) is 14.1. The van der Waals surface area contributed by atoms with Crippen LogP contribution in [0.5, 0.6) is 0 Å². The molecular formula is C29H49N3O4S. The molecule has 0 radical (unpaired) electrons. The maximum atomic E-state index is 13.9. The van der Waals surface area contributed by atoms with E-state index >= 15 is 0 Å². The summed E-state index contributed by atoms with van der Waals surface area (Å²) in [5.41, 5.74) is 2.21.